The Balaban J connectivity index is 1.55. The number of carboxylic acid groups (broad SMARTS) is 1. The van der Waals surface area contributed by atoms with E-state index in [4.69, 9.17) is 4.74 Å². The molecule has 0 radical (unpaired) electrons. The quantitative estimate of drug-likeness (QED) is 0.471. The largest absolute Gasteiger partial charge is 0.480 e. The van der Waals surface area contributed by atoms with E-state index in [9.17, 15) is 19.5 Å². The molecule has 0 aromatic heterocycles. The summed E-state index contributed by atoms with van der Waals surface area (Å²) in [6, 6.07) is 15.2. The molecule has 1 aliphatic rings. The number of carboxylic acids is 1. The molecule has 0 aliphatic heterocycles. The second-order valence-corrected chi connectivity index (χ2v) is 9.94. The Bertz CT molecular complexity index is 1000. The molecule has 7 heteroatoms. The Hall–Kier alpha value is -3.35. The number of alkyl carbamates (subject to hydrolysis) is 1. The Morgan fingerprint density at radius 1 is 0.971 bits per heavy atom. The number of carbonyl (C=O) groups is 3. The van der Waals surface area contributed by atoms with Gasteiger partial charge in [-0.05, 0) is 54.9 Å². The van der Waals surface area contributed by atoms with Crippen molar-refractivity contribution in [3.8, 4) is 11.1 Å². The predicted molar refractivity (Wildman–Crippen MR) is 131 cm³/mol. The molecule has 7 nitrogen and oxygen atoms in total. The lowest BCUT2D eigenvalue weighted by Gasteiger charge is -2.26. The fourth-order valence-electron chi connectivity index (χ4n) is 4.36. The van der Waals surface area contributed by atoms with Gasteiger partial charge in [-0.3, -0.25) is 4.79 Å². The zero-order valence-electron chi connectivity index (χ0n) is 20.3. The van der Waals surface area contributed by atoms with Gasteiger partial charge in [0.1, 0.15) is 12.6 Å². The van der Waals surface area contributed by atoms with Gasteiger partial charge in [-0.2, -0.15) is 0 Å². The van der Waals surface area contributed by atoms with Gasteiger partial charge in [0, 0.05) is 17.9 Å². The van der Waals surface area contributed by atoms with E-state index in [-0.39, 0.29) is 18.9 Å². The van der Waals surface area contributed by atoms with Crippen LogP contribution >= 0.6 is 0 Å². The average Bonchev–Trinajstić information content (AvgIpc) is 3.08. The molecule has 1 atom stereocenters. The van der Waals surface area contributed by atoms with Gasteiger partial charge in [0.05, 0.1) is 0 Å². The monoisotopic (exact) mass is 466 g/mol. The summed E-state index contributed by atoms with van der Waals surface area (Å²) in [6.07, 6.45) is 0.370. The summed E-state index contributed by atoms with van der Waals surface area (Å²) in [5.41, 5.74) is 3.63. The van der Waals surface area contributed by atoms with E-state index >= 15 is 0 Å². The number of carbonyl (C=O) groups excluding carboxylic acids is 2. The molecule has 0 heterocycles. The standard InChI is InChI=1S/C27H34N2O5/c1-17(2)13-14-23(25(31)32)28-24(30)15-27(3,4)29-26(33)34-16-22-20-11-7-5-9-18(20)19-10-6-8-12-21(19)22/h5-12,17,22-23H,13-16H2,1-4H3,(H,28,30)(H,29,33)(H,31,32). The van der Waals surface area contributed by atoms with Crippen LogP contribution in [0.2, 0.25) is 0 Å². The number of hydrogen-bond acceptors (Lipinski definition) is 4. The van der Waals surface area contributed by atoms with Crippen LogP contribution in [-0.4, -0.2) is 41.3 Å². The van der Waals surface area contributed by atoms with Crippen molar-refractivity contribution in [1.29, 1.82) is 0 Å². The second kappa shape index (κ2) is 10.7. The molecule has 182 valence electrons. The van der Waals surface area contributed by atoms with Crippen LogP contribution in [0.25, 0.3) is 11.1 Å². The van der Waals surface area contributed by atoms with Gasteiger partial charge < -0.3 is 20.5 Å². The zero-order valence-corrected chi connectivity index (χ0v) is 20.3. The molecule has 2 amide bonds. The van der Waals surface area contributed by atoms with Gasteiger partial charge in [-0.15, -0.1) is 0 Å². The summed E-state index contributed by atoms with van der Waals surface area (Å²) in [5, 5.41) is 14.7. The maximum absolute atomic E-state index is 12.6. The lowest BCUT2D eigenvalue weighted by atomic mass is 9.98. The van der Waals surface area contributed by atoms with Crippen molar-refractivity contribution in [2.24, 2.45) is 5.92 Å². The number of nitrogens with one attached hydrogen (secondary N) is 2. The topological polar surface area (TPSA) is 105 Å². The van der Waals surface area contributed by atoms with Crippen molar-refractivity contribution in [2.75, 3.05) is 6.61 Å². The highest BCUT2D eigenvalue weighted by Crippen LogP contribution is 2.44. The van der Waals surface area contributed by atoms with Crippen LogP contribution in [0.5, 0.6) is 0 Å². The lowest BCUT2D eigenvalue weighted by molar-refractivity contribution is -0.142. The van der Waals surface area contributed by atoms with Crippen LogP contribution in [0, 0.1) is 5.92 Å². The van der Waals surface area contributed by atoms with Gasteiger partial charge in [0.2, 0.25) is 5.91 Å². The Kier molecular flexibility index (Phi) is 7.97. The van der Waals surface area contributed by atoms with E-state index < -0.39 is 29.6 Å². The number of rotatable bonds is 10. The number of hydrogen-bond donors (Lipinski definition) is 3. The van der Waals surface area contributed by atoms with Gasteiger partial charge >= 0.3 is 12.1 Å². The highest BCUT2D eigenvalue weighted by molar-refractivity contribution is 5.84. The number of aliphatic carboxylic acids is 1. The number of amides is 2. The molecule has 0 bridgehead atoms. The number of ether oxygens (including phenoxy) is 1. The molecule has 0 fully saturated rings. The molecule has 34 heavy (non-hydrogen) atoms. The third kappa shape index (κ3) is 6.37. The summed E-state index contributed by atoms with van der Waals surface area (Å²) >= 11 is 0. The van der Waals surface area contributed by atoms with Gasteiger partial charge in [-0.25, -0.2) is 9.59 Å². The van der Waals surface area contributed by atoms with E-state index in [1.165, 1.54) is 0 Å². The fourth-order valence-corrected chi connectivity index (χ4v) is 4.36. The smallest absolute Gasteiger partial charge is 0.407 e. The summed E-state index contributed by atoms with van der Waals surface area (Å²) < 4.78 is 5.57. The minimum Gasteiger partial charge on any atom is -0.480 e. The number of fused-ring (bicyclic) bond motifs is 3. The highest BCUT2D eigenvalue weighted by atomic mass is 16.5. The van der Waals surface area contributed by atoms with Gasteiger partial charge in [-0.1, -0.05) is 62.4 Å². The molecule has 3 rings (SSSR count). The molecular formula is C27H34N2O5. The summed E-state index contributed by atoms with van der Waals surface area (Å²) in [6.45, 7) is 7.60. The van der Waals surface area contributed by atoms with E-state index in [0.29, 0.717) is 18.8 Å². The summed E-state index contributed by atoms with van der Waals surface area (Å²) in [4.78, 5) is 36.5. The predicted octanol–water partition coefficient (Wildman–Crippen LogP) is 4.70. The molecular weight excluding hydrogens is 432 g/mol. The van der Waals surface area contributed by atoms with Crippen LogP contribution in [0.1, 0.15) is 64.0 Å². The van der Waals surface area contributed by atoms with Crippen molar-refractivity contribution >= 4 is 18.0 Å². The molecule has 3 N–H and O–H groups in total. The Morgan fingerprint density at radius 2 is 1.53 bits per heavy atom. The van der Waals surface area contributed by atoms with Crippen LogP contribution in [0.15, 0.2) is 48.5 Å². The van der Waals surface area contributed by atoms with Crippen LogP contribution in [0.4, 0.5) is 4.79 Å². The average molecular weight is 467 g/mol. The van der Waals surface area contributed by atoms with Gasteiger partial charge in [0.15, 0.2) is 0 Å². The lowest BCUT2D eigenvalue weighted by Crippen LogP contribution is -2.49. The molecule has 2 aromatic rings. The third-order valence-electron chi connectivity index (χ3n) is 6.05. The second-order valence-electron chi connectivity index (χ2n) is 9.94. The van der Waals surface area contributed by atoms with Gasteiger partial charge in [0.25, 0.3) is 0 Å². The number of benzene rings is 2. The fraction of sp³-hybridized carbons (Fsp3) is 0.444. The zero-order chi connectivity index (χ0) is 24.9. The molecule has 0 saturated heterocycles. The first-order chi connectivity index (χ1) is 16.1. The summed E-state index contributed by atoms with van der Waals surface area (Å²) in [5.74, 6) is -1.20. The summed E-state index contributed by atoms with van der Waals surface area (Å²) in [7, 11) is 0. The van der Waals surface area contributed by atoms with Crippen molar-refractivity contribution < 1.29 is 24.2 Å². The van der Waals surface area contributed by atoms with E-state index in [1.807, 2.05) is 50.2 Å². The maximum Gasteiger partial charge on any atom is 0.407 e. The normalized spacial score (nSPS) is 13.7. The minimum absolute atomic E-state index is 0.0538. The third-order valence-corrected chi connectivity index (χ3v) is 6.05. The molecule has 0 saturated carbocycles. The first kappa shape index (κ1) is 25.3. The van der Waals surface area contributed by atoms with Crippen LogP contribution < -0.4 is 10.6 Å². The maximum atomic E-state index is 12.6. The first-order valence-corrected chi connectivity index (χ1v) is 11.7. The van der Waals surface area contributed by atoms with Crippen molar-refractivity contribution in [3.63, 3.8) is 0 Å². The molecule has 1 unspecified atom stereocenters. The van der Waals surface area contributed by atoms with Crippen LogP contribution in [0.3, 0.4) is 0 Å². The van der Waals surface area contributed by atoms with Crippen molar-refractivity contribution in [2.45, 2.75) is 64.5 Å². The minimum atomic E-state index is -1.06. The van der Waals surface area contributed by atoms with Crippen LogP contribution in [-0.2, 0) is 14.3 Å². The molecule has 2 aromatic carbocycles. The van der Waals surface area contributed by atoms with Crippen molar-refractivity contribution in [3.05, 3.63) is 59.7 Å². The first-order valence-electron chi connectivity index (χ1n) is 11.7. The highest BCUT2D eigenvalue weighted by Gasteiger charge is 2.31. The SMILES string of the molecule is CC(C)CCC(NC(=O)CC(C)(C)NC(=O)OCC1c2ccccc2-c2ccccc21)C(=O)O. The Morgan fingerprint density at radius 3 is 2.06 bits per heavy atom. The van der Waals surface area contributed by atoms with E-state index in [1.54, 1.807) is 13.8 Å². The van der Waals surface area contributed by atoms with E-state index in [2.05, 4.69) is 22.8 Å². The Labute approximate surface area is 200 Å². The van der Waals surface area contributed by atoms with E-state index in [0.717, 1.165) is 22.3 Å². The molecule has 0 spiro atoms. The van der Waals surface area contributed by atoms with Crippen molar-refractivity contribution in [1.82, 2.24) is 10.6 Å². The molecule has 1 aliphatic carbocycles.